The van der Waals surface area contributed by atoms with Crippen LogP contribution >= 0.6 is 0 Å². The molecule has 0 unspecified atom stereocenters. The van der Waals surface area contributed by atoms with Gasteiger partial charge in [-0.3, -0.25) is 14.9 Å². The number of likely N-dealkylation sites (N-methyl/N-ethyl adjacent to an activating group) is 1. The summed E-state index contributed by atoms with van der Waals surface area (Å²) in [7, 11) is 1.60. The molecule has 10 heteroatoms. The van der Waals surface area contributed by atoms with Gasteiger partial charge in [-0.25, -0.2) is 13.6 Å². The molecule has 1 aromatic heterocycles. The van der Waals surface area contributed by atoms with E-state index in [4.69, 9.17) is 4.74 Å². The molecule has 2 aliphatic heterocycles. The van der Waals surface area contributed by atoms with Crippen molar-refractivity contribution >= 4 is 34.1 Å². The van der Waals surface area contributed by atoms with Gasteiger partial charge in [-0.1, -0.05) is 43.3 Å². The van der Waals surface area contributed by atoms with Crippen molar-refractivity contribution in [1.29, 1.82) is 0 Å². The minimum Gasteiger partial charge on any atom is -0.449 e. The van der Waals surface area contributed by atoms with Gasteiger partial charge in [0.05, 0.1) is 12.2 Å². The van der Waals surface area contributed by atoms with E-state index in [0.717, 1.165) is 16.5 Å². The molecule has 0 spiro atoms. The van der Waals surface area contributed by atoms with Crippen LogP contribution in [0.3, 0.4) is 0 Å². The number of aromatic nitrogens is 1. The first-order chi connectivity index (χ1) is 22.1. The van der Waals surface area contributed by atoms with Crippen molar-refractivity contribution in [2.45, 2.75) is 32.4 Å². The maximum absolute atomic E-state index is 15.0. The predicted molar refractivity (Wildman–Crippen MR) is 174 cm³/mol. The third kappa shape index (κ3) is 6.06. The molecule has 7 rings (SSSR count). The summed E-state index contributed by atoms with van der Waals surface area (Å²) in [5.74, 6) is -1.99. The molecule has 2 aliphatic rings. The van der Waals surface area contributed by atoms with Gasteiger partial charge in [-0.15, -0.1) is 0 Å². The summed E-state index contributed by atoms with van der Waals surface area (Å²) in [5, 5.41) is 7.25. The average Bonchev–Trinajstić information content (AvgIpc) is 3.03. The Morgan fingerprint density at radius 3 is 2.48 bits per heavy atom. The molecule has 3 N–H and O–H groups in total. The van der Waals surface area contributed by atoms with Gasteiger partial charge in [0.15, 0.2) is 0 Å². The van der Waals surface area contributed by atoms with Crippen LogP contribution in [0.5, 0.6) is 0 Å². The van der Waals surface area contributed by atoms with Gasteiger partial charge < -0.3 is 19.9 Å². The highest BCUT2D eigenvalue weighted by atomic mass is 19.1. The maximum atomic E-state index is 15.0. The monoisotopic (exact) mass is 622 g/mol. The fraction of sp³-hybridized carbons (Fsp3) is 0.194. The average molecular weight is 623 g/mol. The quantitative estimate of drug-likeness (QED) is 0.197. The highest BCUT2D eigenvalue weighted by Crippen LogP contribution is 2.34. The Morgan fingerprint density at radius 1 is 0.935 bits per heavy atom. The van der Waals surface area contributed by atoms with E-state index in [9.17, 15) is 23.2 Å². The second-order valence-electron chi connectivity index (χ2n) is 11.6. The standard InChI is InChI=1S/C36H32F2N4O4/c1-20-15-23-8-11-27(20)21(2)19-46-36(45)41-25-10-12-28(32-30(37)5-4-6-31(32)38)24(16-25)18-42(3)35(44)33(23)40-26-9-7-22-13-14-39-34(43)29(22)17-26/h4-17,21,33,40H,18-19H2,1-3H3,(H,39,43)(H,41,45)/t21-,33+/m0/s1. The number of fused-ring (bicyclic) bond motifs is 10. The van der Waals surface area contributed by atoms with E-state index in [-0.39, 0.29) is 41.7 Å². The molecule has 2 amide bonds. The third-order valence-electron chi connectivity index (χ3n) is 8.32. The molecule has 3 heterocycles. The van der Waals surface area contributed by atoms with Gasteiger partial charge in [0, 0.05) is 42.5 Å². The molecule has 234 valence electrons. The molecule has 0 aliphatic carbocycles. The van der Waals surface area contributed by atoms with Gasteiger partial charge in [0.25, 0.3) is 5.56 Å². The number of halogens is 2. The highest BCUT2D eigenvalue weighted by Gasteiger charge is 2.27. The van der Waals surface area contributed by atoms with Crippen LogP contribution in [0.15, 0.2) is 89.9 Å². The second kappa shape index (κ2) is 12.5. The first-order valence-corrected chi connectivity index (χ1v) is 14.8. The summed E-state index contributed by atoms with van der Waals surface area (Å²) in [6.07, 6.45) is 0.906. The zero-order valence-corrected chi connectivity index (χ0v) is 25.5. The van der Waals surface area contributed by atoms with Gasteiger partial charge in [0.2, 0.25) is 5.91 Å². The summed E-state index contributed by atoms with van der Waals surface area (Å²) in [5.41, 5.74) is 3.59. The lowest BCUT2D eigenvalue weighted by molar-refractivity contribution is -0.131. The Hall–Kier alpha value is -5.51. The van der Waals surface area contributed by atoms with Gasteiger partial charge in [-0.05, 0) is 82.6 Å². The predicted octanol–water partition coefficient (Wildman–Crippen LogP) is 7.26. The molecule has 0 saturated carbocycles. The lowest BCUT2D eigenvalue weighted by Crippen LogP contribution is -2.35. The zero-order valence-electron chi connectivity index (χ0n) is 25.5. The Morgan fingerprint density at radius 2 is 1.72 bits per heavy atom. The van der Waals surface area contributed by atoms with Crippen LogP contribution in [0, 0.1) is 18.6 Å². The van der Waals surface area contributed by atoms with E-state index < -0.39 is 23.8 Å². The first-order valence-electron chi connectivity index (χ1n) is 14.8. The van der Waals surface area contributed by atoms with E-state index >= 15 is 0 Å². The number of amides is 2. The minimum absolute atomic E-state index is 0.0455. The molecule has 4 bridgehead atoms. The smallest absolute Gasteiger partial charge is 0.411 e. The van der Waals surface area contributed by atoms with E-state index in [0.29, 0.717) is 27.9 Å². The number of nitrogens with one attached hydrogen (secondary N) is 3. The Balaban J connectivity index is 1.46. The van der Waals surface area contributed by atoms with Crippen molar-refractivity contribution in [2.24, 2.45) is 0 Å². The van der Waals surface area contributed by atoms with Crippen LogP contribution in [0.4, 0.5) is 25.0 Å². The number of aromatic amines is 1. The fourth-order valence-electron chi connectivity index (χ4n) is 5.96. The van der Waals surface area contributed by atoms with Crippen molar-refractivity contribution < 1.29 is 23.1 Å². The summed E-state index contributed by atoms with van der Waals surface area (Å²) in [4.78, 5) is 43.7. The van der Waals surface area contributed by atoms with Crippen LogP contribution in [0.2, 0.25) is 0 Å². The van der Waals surface area contributed by atoms with Crippen LogP contribution in [0.1, 0.15) is 41.1 Å². The number of nitrogens with zero attached hydrogens (tertiary/aromatic N) is 1. The molecule has 0 fully saturated rings. The van der Waals surface area contributed by atoms with E-state index in [1.165, 1.54) is 35.2 Å². The molecule has 2 atom stereocenters. The number of carbonyl (C=O) groups is 2. The zero-order chi connectivity index (χ0) is 32.5. The first kappa shape index (κ1) is 30.5. The van der Waals surface area contributed by atoms with Crippen LogP contribution < -0.4 is 16.2 Å². The Bertz CT molecular complexity index is 2020. The Kier molecular flexibility index (Phi) is 8.27. The van der Waals surface area contributed by atoms with Gasteiger partial charge in [-0.2, -0.15) is 0 Å². The minimum atomic E-state index is -0.881. The number of hydrogen-bond donors (Lipinski definition) is 3. The SMILES string of the molecule is Cc1cc2ccc1[C@@H](C)COC(=O)Nc1ccc(-c3c(F)cccc3F)c(c1)CN(C)C(=O)[C@@H]2Nc1ccc2cc[nH]c(=O)c2c1. The molecule has 46 heavy (non-hydrogen) atoms. The summed E-state index contributed by atoms with van der Waals surface area (Å²) in [6, 6.07) is 20.2. The number of pyridine rings is 1. The van der Waals surface area contributed by atoms with Gasteiger partial charge >= 0.3 is 6.09 Å². The number of rotatable bonds is 3. The van der Waals surface area contributed by atoms with Crippen LogP contribution in [-0.4, -0.2) is 35.5 Å². The van der Waals surface area contributed by atoms with Crippen molar-refractivity contribution in [3.63, 3.8) is 0 Å². The lowest BCUT2D eigenvalue weighted by atomic mass is 9.92. The lowest BCUT2D eigenvalue weighted by Gasteiger charge is -2.28. The number of carbonyl (C=O) groups excluding carboxylic acids is 2. The van der Waals surface area contributed by atoms with Crippen molar-refractivity contribution in [3.05, 3.63) is 129 Å². The number of hydrogen-bond acceptors (Lipinski definition) is 5. The van der Waals surface area contributed by atoms with Crippen molar-refractivity contribution in [1.82, 2.24) is 9.88 Å². The Labute approximate surface area is 264 Å². The van der Waals surface area contributed by atoms with Gasteiger partial charge in [0.1, 0.15) is 17.7 Å². The van der Waals surface area contributed by atoms with E-state index in [2.05, 4.69) is 15.6 Å². The summed E-state index contributed by atoms with van der Waals surface area (Å²) < 4.78 is 35.5. The van der Waals surface area contributed by atoms with Crippen LogP contribution in [-0.2, 0) is 16.1 Å². The normalized spacial score (nSPS) is 17.1. The highest BCUT2D eigenvalue weighted by molar-refractivity contribution is 5.89. The summed E-state index contributed by atoms with van der Waals surface area (Å²) in [6.45, 7) is 3.93. The molecule has 5 aromatic rings. The molecule has 0 saturated heterocycles. The molecular formula is C36H32F2N4O4. The molecular weight excluding hydrogens is 590 g/mol. The number of aryl methyl sites for hydroxylation is 1. The maximum Gasteiger partial charge on any atom is 0.411 e. The number of H-pyrrole nitrogens is 1. The molecule has 4 aromatic carbocycles. The van der Waals surface area contributed by atoms with Crippen LogP contribution in [0.25, 0.3) is 21.9 Å². The van der Waals surface area contributed by atoms with E-state index in [1.54, 1.807) is 37.5 Å². The molecule has 0 radical (unpaired) electrons. The van der Waals surface area contributed by atoms with Crippen molar-refractivity contribution in [3.8, 4) is 11.1 Å². The largest absolute Gasteiger partial charge is 0.449 e. The fourth-order valence-corrected chi connectivity index (χ4v) is 5.96. The number of benzene rings is 4. The topological polar surface area (TPSA) is 104 Å². The second-order valence-corrected chi connectivity index (χ2v) is 11.6. The van der Waals surface area contributed by atoms with E-state index in [1.807, 2.05) is 38.1 Å². The number of ether oxygens (including phenoxy) is 1. The number of anilines is 2. The molecule has 8 nitrogen and oxygen atoms in total. The van der Waals surface area contributed by atoms with Crippen molar-refractivity contribution in [2.75, 3.05) is 24.3 Å². The summed E-state index contributed by atoms with van der Waals surface area (Å²) >= 11 is 0. The third-order valence-corrected chi connectivity index (χ3v) is 8.32.